The van der Waals surface area contributed by atoms with E-state index >= 15 is 0 Å². The second-order valence-electron chi connectivity index (χ2n) is 4.47. The van der Waals surface area contributed by atoms with Gasteiger partial charge in [0, 0.05) is 17.3 Å². The molecule has 0 spiro atoms. The van der Waals surface area contributed by atoms with Gasteiger partial charge < -0.3 is 10.0 Å². The summed E-state index contributed by atoms with van der Waals surface area (Å²) in [5.41, 5.74) is 0.853. The number of hydrogen-bond acceptors (Lipinski definition) is 4. The maximum atomic E-state index is 11.0. The van der Waals surface area contributed by atoms with Gasteiger partial charge in [-0.15, -0.1) is 5.10 Å². The third kappa shape index (κ3) is 2.81. The van der Waals surface area contributed by atoms with Gasteiger partial charge in [0.25, 0.3) is 0 Å². The van der Waals surface area contributed by atoms with Crippen molar-refractivity contribution in [2.75, 3.05) is 18.0 Å². The molecule has 1 aromatic heterocycles. The van der Waals surface area contributed by atoms with Crippen LogP contribution in [0.25, 0.3) is 10.8 Å². The highest BCUT2D eigenvalue weighted by Crippen LogP contribution is 2.25. The molecule has 2 rings (SSSR count). The minimum atomic E-state index is -0.861. The summed E-state index contributed by atoms with van der Waals surface area (Å²) in [5, 5.41) is 19.3. The lowest BCUT2D eigenvalue weighted by molar-refractivity contribution is -0.135. The maximum Gasteiger partial charge on any atom is 0.323 e. The third-order valence-electron chi connectivity index (χ3n) is 2.97. The lowest BCUT2D eigenvalue weighted by Crippen LogP contribution is -2.31. The fourth-order valence-corrected chi connectivity index (χ4v) is 2.15. The molecule has 1 N–H and O–H groups in total. The van der Waals surface area contributed by atoms with E-state index < -0.39 is 5.97 Å². The van der Waals surface area contributed by atoms with E-state index in [-0.39, 0.29) is 6.54 Å². The average Bonchev–Trinajstić information content (AvgIpc) is 2.39. The molecule has 5 heteroatoms. The normalized spacial score (nSPS) is 10.6. The summed E-state index contributed by atoms with van der Waals surface area (Å²) in [4.78, 5) is 12.7. The Bertz CT molecular complexity index is 598. The first-order valence-corrected chi connectivity index (χ1v) is 6.32. The molecule has 5 nitrogen and oxygen atoms in total. The first-order valence-electron chi connectivity index (χ1n) is 6.32. The van der Waals surface area contributed by atoms with Crippen LogP contribution in [0.5, 0.6) is 0 Å². The van der Waals surface area contributed by atoms with Gasteiger partial charge >= 0.3 is 5.97 Å². The van der Waals surface area contributed by atoms with Crippen molar-refractivity contribution >= 4 is 22.6 Å². The third-order valence-corrected chi connectivity index (χ3v) is 2.97. The Labute approximate surface area is 111 Å². The van der Waals surface area contributed by atoms with Crippen molar-refractivity contribution in [3.05, 3.63) is 30.0 Å². The Morgan fingerprint density at radius 1 is 1.26 bits per heavy atom. The Kier molecular flexibility index (Phi) is 3.94. The minimum absolute atomic E-state index is 0.0599. The highest BCUT2D eigenvalue weighted by atomic mass is 16.4. The molecule has 0 radical (unpaired) electrons. The summed E-state index contributed by atoms with van der Waals surface area (Å²) >= 11 is 0. The number of anilines is 1. The molecule has 2 aromatic rings. The number of carbonyl (C=O) groups is 1. The number of fused-ring (bicyclic) bond motifs is 1. The smallest absolute Gasteiger partial charge is 0.323 e. The SMILES string of the molecule is CCCN(CC(=O)O)c1nnc(C)c2ccccc12. The van der Waals surface area contributed by atoms with Crippen molar-refractivity contribution in [3.8, 4) is 0 Å². The number of benzene rings is 1. The van der Waals surface area contributed by atoms with Crippen LogP contribution in [0.2, 0.25) is 0 Å². The molecule has 1 aromatic carbocycles. The van der Waals surface area contributed by atoms with Gasteiger partial charge in [0.1, 0.15) is 6.54 Å². The van der Waals surface area contributed by atoms with E-state index in [4.69, 9.17) is 5.11 Å². The van der Waals surface area contributed by atoms with Crippen LogP contribution in [0.4, 0.5) is 5.82 Å². The first-order chi connectivity index (χ1) is 9.13. The fourth-order valence-electron chi connectivity index (χ4n) is 2.15. The summed E-state index contributed by atoms with van der Waals surface area (Å²) in [5.74, 6) is -0.217. The van der Waals surface area contributed by atoms with Gasteiger partial charge in [-0.25, -0.2) is 0 Å². The molecule has 0 atom stereocenters. The monoisotopic (exact) mass is 259 g/mol. The summed E-state index contributed by atoms with van der Waals surface area (Å²) in [7, 11) is 0. The quantitative estimate of drug-likeness (QED) is 0.892. The zero-order valence-corrected chi connectivity index (χ0v) is 11.1. The van der Waals surface area contributed by atoms with Gasteiger partial charge in [-0.1, -0.05) is 31.2 Å². The summed E-state index contributed by atoms with van der Waals surface area (Å²) < 4.78 is 0. The standard InChI is InChI=1S/C14H17N3O2/c1-3-8-17(9-13(18)19)14-12-7-5-4-6-11(12)10(2)15-16-14/h4-7H,3,8-9H2,1-2H3,(H,18,19). The molecule has 0 saturated heterocycles. The molecular formula is C14H17N3O2. The van der Waals surface area contributed by atoms with E-state index in [1.165, 1.54) is 0 Å². The number of nitrogens with zero attached hydrogens (tertiary/aromatic N) is 3. The second-order valence-corrected chi connectivity index (χ2v) is 4.47. The van der Waals surface area contributed by atoms with E-state index in [0.29, 0.717) is 12.4 Å². The van der Waals surface area contributed by atoms with Crippen molar-refractivity contribution in [2.24, 2.45) is 0 Å². The number of aromatic nitrogens is 2. The fraction of sp³-hybridized carbons (Fsp3) is 0.357. The molecule has 0 aliphatic heterocycles. The van der Waals surface area contributed by atoms with Gasteiger partial charge in [0.15, 0.2) is 5.82 Å². The molecule has 0 aliphatic carbocycles. The molecule has 0 bridgehead atoms. The van der Waals surface area contributed by atoms with Crippen molar-refractivity contribution in [2.45, 2.75) is 20.3 Å². The van der Waals surface area contributed by atoms with Crippen molar-refractivity contribution in [3.63, 3.8) is 0 Å². The van der Waals surface area contributed by atoms with Crippen LogP contribution in [-0.4, -0.2) is 34.4 Å². The van der Waals surface area contributed by atoms with E-state index in [1.54, 1.807) is 4.90 Å². The average molecular weight is 259 g/mol. The first kappa shape index (κ1) is 13.3. The number of aryl methyl sites for hydroxylation is 1. The van der Waals surface area contributed by atoms with Crippen molar-refractivity contribution in [1.82, 2.24) is 10.2 Å². The van der Waals surface area contributed by atoms with Crippen LogP contribution in [-0.2, 0) is 4.79 Å². The summed E-state index contributed by atoms with van der Waals surface area (Å²) in [6.45, 7) is 4.50. The molecule has 0 fully saturated rings. The van der Waals surface area contributed by atoms with Crippen LogP contribution < -0.4 is 4.90 Å². The molecule has 0 saturated carbocycles. The van der Waals surface area contributed by atoms with E-state index in [1.807, 2.05) is 38.1 Å². The number of rotatable bonds is 5. The van der Waals surface area contributed by atoms with Crippen molar-refractivity contribution in [1.29, 1.82) is 0 Å². The number of carboxylic acids is 1. The molecule has 1 heterocycles. The predicted octanol–water partition coefficient (Wildman–Crippen LogP) is 2.24. The topological polar surface area (TPSA) is 66.3 Å². The van der Waals surface area contributed by atoms with Gasteiger partial charge in [0.2, 0.25) is 0 Å². The lowest BCUT2D eigenvalue weighted by atomic mass is 10.1. The van der Waals surface area contributed by atoms with E-state index in [9.17, 15) is 4.79 Å². The predicted molar refractivity (Wildman–Crippen MR) is 74.4 cm³/mol. The Morgan fingerprint density at radius 2 is 1.95 bits per heavy atom. The zero-order valence-electron chi connectivity index (χ0n) is 11.1. The maximum absolute atomic E-state index is 11.0. The molecule has 0 amide bonds. The molecule has 19 heavy (non-hydrogen) atoms. The molecule has 0 unspecified atom stereocenters. The Hall–Kier alpha value is -2.17. The molecular weight excluding hydrogens is 242 g/mol. The number of aliphatic carboxylic acids is 1. The van der Waals surface area contributed by atoms with Crippen molar-refractivity contribution < 1.29 is 9.90 Å². The van der Waals surface area contributed by atoms with Gasteiger partial charge in [-0.3, -0.25) is 4.79 Å². The highest BCUT2D eigenvalue weighted by Gasteiger charge is 2.15. The molecule has 100 valence electrons. The number of carboxylic acid groups (broad SMARTS) is 1. The Balaban J connectivity index is 2.53. The van der Waals surface area contributed by atoms with Crippen LogP contribution in [0.15, 0.2) is 24.3 Å². The van der Waals surface area contributed by atoms with E-state index in [2.05, 4.69) is 10.2 Å². The molecule has 0 aliphatic rings. The summed E-state index contributed by atoms with van der Waals surface area (Å²) in [6.07, 6.45) is 0.858. The Morgan fingerprint density at radius 3 is 2.58 bits per heavy atom. The largest absolute Gasteiger partial charge is 0.480 e. The zero-order chi connectivity index (χ0) is 13.8. The van der Waals surface area contributed by atoms with Crippen LogP contribution in [0.3, 0.4) is 0 Å². The van der Waals surface area contributed by atoms with Crippen LogP contribution in [0.1, 0.15) is 19.0 Å². The minimum Gasteiger partial charge on any atom is -0.480 e. The highest BCUT2D eigenvalue weighted by molar-refractivity contribution is 5.94. The van der Waals surface area contributed by atoms with Gasteiger partial charge in [0.05, 0.1) is 5.69 Å². The van der Waals surface area contributed by atoms with Gasteiger partial charge in [-0.05, 0) is 13.3 Å². The van der Waals surface area contributed by atoms with Gasteiger partial charge in [-0.2, -0.15) is 5.10 Å². The second kappa shape index (κ2) is 5.65. The lowest BCUT2D eigenvalue weighted by Gasteiger charge is -2.22. The number of hydrogen-bond donors (Lipinski definition) is 1. The van der Waals surface area contributed by atoms with Crippen LogP contribution in [0, 0.1) is 6.92 Å². The van der Waals surface area contributed by atoms with E-state index in [0.717, 1.165) is 22.9 Å². The summed E-state index contributed by atoms with van der Waals surface area (Å²) in [6, 6.07) is 7.81. The van der Waals surface area contributed by atoms with Crippen LogP contribution >= 0.6 is 0 Å².